The molecule has 1 atom stereocenters. The van der Waals surface area contributed by atoms with E-state index in [1.807, 2.05) is 48.3 Å². The van der Waals surface area contributed by atoms with Crippen LogP contribution < -0.4 is 4.90 Å². The first-order valence-corrected chi connectivity index (χ1v) is 9.39. The zero-order valence-electron chi connectivity index (χ0n) is 14.5. The minimum absolute atomic E-state index is 0.110. The van der Waals surface area contributed by atoms with E-state index in [4.69, 9.17) is 4.98 Å². The Kier molecular flexibility index (Phi) is 4.27. The van der Waals surface area contributed by atoms with E-state index >= 15 is 0 Å². The molecule has 1 aliphatic rings. The number of likely N-dealkylation sites (N-methyl/N-ethyl adjacent to an activating group) is 1. The molecule has 3 aromatic rings. The van der Waals surface area contributed by atoms with E-state index < -0.39 is 0 Å². The van der Waals surface area contributed by atoms with Gasteiger partial charge in [-0.2, -0.15) is 0 Å². The molecular formula is C20H21N3OS. The van der Waals surface area contributed by atoms with Crippen LogP contribution in [0.1, 0.15) is 23.5 Å². The Hall–Kier alpha value is -2.24. The van der Waals surface area contributed by atoms with Crippen molar-refractivity contribution in [1.82, 2.24) is 9.88 Å². The number of rotatable bonds is 4. The van der Waals surface area contributed by atoms with Crippen molar-refractivity contribution in [3.8, 4) is 0 Å². The van der Waals surface area contributed by atoms with Crippen molar-refractivity contribution < 1.29 is 4.79 Å². The van der Waals surface area contributed by atoms with Gasteiger partial charge in [0.25, 0.3) is 0 Å². The molecule has 0 unspecified atom stereocenters. The summed E-state index contributed by atoms with van der Waals surface area (Å²) in [5.74, 6) is 0.153. The second-order valence-electron chi connectivity index (χ2n) is 6.54. The summed E-state index contributed by atoms with van der Waals surface area (Å²) in [6.07, 6.45) is 0.944. The standard InChI is InChI=1S/C20H21N3OS/c1-14(20-21-16-8-4-6-10-18(16)25-20)22(2)13-19(24)23-12-11-15-7-3-5-9-17(15)23/h3-10,14H,11-13H2,1-2H3/t14-/m0/s1. The molecule has 1 amide bonds. The van der Waals surface area contributed by atoms with Crippen LogP contribution in [0, 0.1) is 0 Å². The van der Waals surface area contributed by atoms with Crippen molar-refractivity contribution in [1.29, 1.82) is 0 Å². The number of para-hydroxylation sites is 2. The number of hydrogen-bond donors (Lipinski definition) is 0. The van der Waals surface area contributed by atoms with E-state index in [2.05, 4.69) is 24.0 Å². The third-order valence-corrected chi connectivity index (χ3v) is 6.11. The molecule has 0 N–H and O–H groups in total. The molecule has 0 saturated heterocycles. The number of anilines is 1. The molecule has 1 aliphatic heterocycles. The smallest absolute Gasteiger partial charge is 0.241 e. The lowest BCUT2D eigenvalue weighted by atomic mass is 10.2. The lowest BCUT2D eigenvalue weighted by Gasteiger charge is -2.25. The minimum atomic E-state index is 0.110. The lowest BCUT2D eigenvalue weighted by Crippen LogP contribution is -2.39. The summed E-state index contributed by atoms with van der Waals surface area (Å²) < 4.78 is 1.19. The summed E-state index contributed by atoms with van der Waals surface area (Å²) in [5, 5.41) is 1.05. The topological polar surface area (TPSA) is 36.4 Å². The number of carbonyl (C=O) groups is 1. The fourth-order valence-electron chi connectivity index (χ4n) is 3.29. The zero-order valence-corrected chi connectivity index (χ0v) is 15.3. The first-order chi connectivity index (χ1) is 12.1. The molecular weight excluding hydrogens is 330 g/mol. The number of benzene rings is 2. The minimum Gasteiger partial charge on any atom is -0.311 e. The molecule has 2 aromatic carbocycles. The van der Waals surface area contributed by atoms with Crippen LogP contribution in [0.2, 0.25) is 0 Å². The highest BCUT2D eigenvalue weighted by Gasteiger charge is 2.26. The molecule has 0 saturated carbocycles. The largest absolute Gasteiger partial charge is 0.311 e. The SMILES string of the molecule is C[C@@H](c1nc2ccccc2s1)N(C)CC(=O)N1CCc2ccccc21. The van der Waals surface area contributed by atoms with E-state index in [-0.39, 0.29) is 11.9 Å². The van der Waals surface area contributed by atoms with Crippen LogP contribution in [-0.2, 0) is 11.2 Å². The van der Waals surface area contributed by atoms with Crippen LogP contribution in [0.4, 0.5) is 5.69 Å². The van der Waals surface area contributed by atoms with Gasteiger partial charge in [0, 0.05) is 12.2 Å². The molecule has 128 valence electrons. The highest BCUT2D eigenvalue weighted by molar-refractivity contribution is 7.18. The maximum Gasteiger partial charge on any atom is 0.241 e. The van der Waals surface area contributed by atoms with Crippen molar-refractivity contribution in [3.05, 3.63) is 59.1 Å². The second-order valence-corrected chi connectivity index (χ2v) is 7.60. The molecule has 0 spiro atoms. The molecule has 0 bridgehead atoms. The summed E-state index contributed by atoms with van der Waals surface area (Å²) in [6.45, 7) is 3.29. The summed E-state index contributed by atoms with van der Waals surface area (Å²) in [5.41, 5.74) is 3.36. The predicted octanol–water partition coefficient (Wildman–Crippen LogP) is 3.88. The van der Waals surface area contributed by atoms with E-state index in [1.165, 1.54) is 10.3 Å². The Balaban J connectivity index is 1.48. The number of carbonyl (C=O) groups excluding carboxylic acids is 1. The zero-order chi connectivity index (χ0) is 17.4. The van der Waals surface area contributed by atoms with Crippen LogP contribution >= 0.6 is 11.3 Å². The van der Waals surface area contributed by atoms with Crippen molar-refractivity contribution in [2.24, 2.45) is 0 Å². The van der Waals surface area contributed by atoms with E-state index in [1.54, 1.807) is 11.3 Å². The Labute approximate surface area is 151 Å². The van der Waals surface area contributed by atoms with Gasteiger partial charge in [0.2, 0.25) is 5.91 Å². The number of nitrogens with zero attached hydrogens (tertiary/aromatic N) is 3. The Morgan fingerprint density at radius 1 is 1.24 bits per heavy atom. The van der Waals surface area contributed by atoms with E-state index in [0.29, 0.717) is 6.54 Å². The summed E-state index contributed by atoms with van der Waals surface area (Å²) in [7, 11) is 2.00. The molecule has 0 fully saturated rings. The average molecular weight is 351 g/mol. The van der Waals surface area contributed by atoms with Gasteiger partial charge in [-0.15, -0.1) is 11.3 Å². The first-order valence-electron chi connectivity index (χ1n) is 8.57. The summed E-state index contributed by atoms with van der Waals surface area (Å²) in [6, 6.07) is 16.5. The molecule has 25 heavy (non-hydrogen) atoms. The van der Waals surface area contributed by atoms with Crippen molar-refractivity contribution in [2.75, 3.05) is 25.0 Å². The lowest BCUT2D eigenvalue weighted by molar-refractivity contribution is -0.119. The molecule has 4 nitrogen and oxygen atoms in total. The Morgan fingerprint density at radius 3 is 2.84 bits per heavy atom. The maximum atomic E-state index is 12.8. The Bertz CT molecular complexity index is 887. The van der Waals surface area contributed by atoms with Crippen LogP contribution in [-0.4, -0.2) is 35.9 Å². The van der Waals surface area contributed by atoms with Gasteiger partial charge >= 0.3 is 0 Å². The fraction of sp³-hybridized carbons (Fsp3) is 0.300. The van der Waals surface area contributed by atoms with Gasteiger partial charge in [0.1, 0.15) is 5.01 Å². The number of hydrogen-bond acceptors (Lipinski definition) is 4. The normalized spacial score (nSPS) is 14.9. The van der Waals surface area contributed by atoms with Gasteiger partial charge < -0.3 is 4.90 Å². The Morgan fingerprint density at radius 2 is 2.00 bits per heavy atom. The highest BCUT2D eigenvalue weighted by Crippen LogP contribution is 2.30. The van der Waals surface area contributed by atoms with Crippen LogP contribution in [0.15, 0.2) is 48.5 Å². The third kappa shape index (κ3) is 3.05. The average Bonchev–Trinajstić information content (AvgIpc) is 3.24. The van der Waals surface area contributed by atoms with Crippen LogP contribution in [0.25, 0.3) is 10.2 Å². The molecule has 2 heterocycles. The van der Waals surface area contributed by atoms with E-state index in [9.17, 15) is 4.79 Å². The monoisotopic (exact) mass is 351 g/mol. The van der Waals surface area contributed by atoms with Gasteiger partial charge in [-0.3, -0.25) is 9.69 Å². The number of amides is 1. The van der Waals surface area contributed by atoms with Gasteiger partial charge in [-0.1, -0.05) is 30.3 Å². The van der Waals surface area contributed by atoms with Crippen LogP contribution in [0.3, 0.4) is 0 Å². The molecule has 1 aromatic heterocycles. The summed E-state index contributed by atoms with van der Waals surface area (Å²) >= 11 is 1.70. The number of thiazole rings is 1. The van der Waals surface area contributed by atoms with Crippen molar-refractivity contribution >= 4 is 33.1 Å². The molecule has 0 radical (unpaired) electrons. The maximum absolute atomic E-state index is 12.8. The van der Waals surface area contributed by atoms with Gasteiger partial charge in [0.15, 0.2) is 0 Å². The van der Waals surface area contributed by atoms with Gasteiger partial charge in [-0.25, -0.2) is 4.98 Å². The second kappa shape index (κ2) is 6.58. The molecule has 4 rings (SSSR count). The summed E-state index contributed by atoms with van der Waals surface area (Å²) in [4.78, 5) is 21.5. The number of fused-ring (bicyclic) bond motifs is 2. The first kappa shape index (κ1) is 16.2. The molecule has 0 aliphatic carbocycles. The van der Waals surface area contributed by atoms with E-state index in [0.717, 1.165) is 29.2 Å². The van der Waals surface area contributed by atoms with Gasteiger partial charge in [-0.05, 0) is 44.2 Å². The van der Waals surface area contributed by atoms with Gasteiger partial charge in [0.05, 0.1) is 22.8 Å². The molecule has 5 heteroatoms. The number of aromatic nitrogens is 1. The van der Waals surface area contributed by atoms with Crippen molar-refractivity contribution in [3.63, 3.8) is 0 Å². The van der Waals surface area contributed by atoms with Crippen LogP contribution in [0.5, 0.6) is 0 Å². The fourth-order valence-corrected chi connectivity index (χ4v) is 4.37. The highest BCUT2D eigenvalue weighted by atomic mass is 32.1. The third-order valence-electron chi connectivity index (χ3n) is 4.90. The van der Waals surface area contributed by atoms with Crippen molar-refractivity contribution in [2.45, 2.75) is 19.4 Å². The predicted molar refractivity (Wildman–Crippen MR) is 103 cm³/mol. The quantitative estimate of drug-likeness (QED) is 0.716.